The van der Waals surface area contributed by atoms with Gasteiger partial charge < -0.3 is 32.1 Å². The summed E-state index contributed by atoms with van der Waals surface area (Å²) in [6, 6.07) is 5.91. The van der Waals surface area contributed by atoms with Gasteiger partial charge in [0, 0.05) is 63.0 Å². The number of nitroso groups, excluding NO2 is 1. The van der Waals surface area contributed by atoms with E-state index in [2.05, 4.69) is 43.3 Å². The van der Waals surface area contributed by atoms with Crippen LogP contribution in [-0.4, -0.2) is 108 Å². The van der Waals surface area contributed by atoms with Gasteiger partial charge in [0.15, 0.2) is 5.84 Å². The van der Waals surface area contributed by atoms with Crippen LogP contribution in [0.1, 0.15) is 57.2 Å². The van der Waals surface area contributed by atoms with Crippen LogP contribution in [-0.2, 0) is 20.9 Å². The second-order valence-electron chi connectivity index (χ2n) is 11.2. The Morgan fingerprint density at radius 1 is 1.20 bits per heavy atom. The van der Waals surface area contributed by atoms with E-state index in [4.69, 9.17) is 22.1 Å². The maximum atomic E-state index is 12.8. The number of hydrogen-bond acceptors (Lipinski definition) is 10. The van der Waals surface area contributed by atoms with Gasteiger partial charge in [-0.15, -0.1) is 0 Å². The minimum absolute atomic E-state index is 0.0818. The van der Waals surface area contributed by atoms with E-state index in [0.717, 1.165) is 62.6 Å². The minimum atomic E-state index is -0.686. The molecule has 0 radical (unpaired) electrons. The summed E-state index contributed by atoms with van der Waals surface area (Å²) in [5.74, 6) is -0.756. The van der Waals surface area contributed by atoms with Crippen molar-refractivity contribution in [2.24, 2.45) is 21.6 Å². The highest BCUT2D eigenvalue weighted by molar-refractivity contribution is 6.38. The van der Waals surface area contributed by atoms with Crippen LogP contribution < -0.4 is 22.1 Å². The van der Waals surface area contributed by atoms with Crippen molar-refractivity contribution in [3.63, 3.8) is 0 Å². The van der Waals surface area contributed by atoms with Crippen LogP contribution in [0, 0.1) is 4.91 Å². The smallest absolute Gasteiger partial charge is 0.286 e. The number of amidine groups is 1. The number of aliphatic hydroxyl groups is 1. The summed E-state index contributed by atoms with van der Waals surface area (Å²) >= 11 is 6.19. The third kappa shape index (κ3) is 11.7. The number of nitrogens with one attached hydrogen (secondary N) is 2. The van der Waals surface area contributed by atoms with Gasteiger partial charge >= 0.3 is 0 Å². The number of carbonyl (C=O) groups is 3. The highest BCUT2D eigenvalue weighted by Crippen LogP contribution is 2.28. The van der Waals surface area contributed by atoms with E-state index in [0.29, 0.717) is 24.2 Å². The van der Waals surface area contributed by atoms with Crippen LogP contribution in [0.2, 0.25) is 5.02 Å². The number of halogens is 1. The van der Waals surface area contributed by atoms with Crippen LogP contribution >= 0.6 is 11.6 Å². The molecule has 1 aromatic rings. The number of piperidine rings is 1. The summed E-state index contributed by atoms with van der Waals surface area (Å²) in [6.07, 6.45) is 3.64. The number of rotatable bonds is 10. The van der Waals surface area contributed by atoms with Crippen LogP contribution in [0.4, 0.5) is 0 Å². The standard InChI is InChI=1S/C29H45ClN8O4.CH3NO/c1-5-23-18-37(28(29(41)32-4)34-26(31)15-27(40)33-16-19(2)39)12-13-38(23)24-8-10-36(11-9-24)17-21-6-7-22(30)14-25(21)20(3)35-42;2-1-3/h6-7,14-15,19-20,23-24,39H,5,8-13,16-18,31H2,1-4H3,(H,32,41)(H,33,40);1H,(H2,2,3)/b26-15+,34-28+;. The lowest BCUT2D eigenvalue weighted by molar-refractivity contribution is -0.117. The van der Waals surface area contributed by atoms with Crippen molar-refractivity contribution in [3.05, 3.63) is 51.2 Å². The van der Waals surface area contributed by atoms with E-state index < -0.39 is 18.1 Å². The molecule has 3 unspecified atom stereocenters. The molecule has 0 bridgehead atoms. The zero-order valence-electron chi connectivity index (χ0n) is 26.6. The zero-order valence-corrected chi connectivity index (χ0v) is 27.4. The molecule has 45 heavy (non-hydrogen) atoms. The first kappa shape index (κ1) is 37.6. The Bertz CT molecular complexity index is 1200. The van der Waals surface area contributed by atoms with Gasteiger partial charge in [0.1, 0.15) is 11.9 Å². The first-order valence-electron chi connectivity index (χ1n) is 15.2. The second kappa shape index (κ2) is 19.0. The number of likely N-dealkylation sites (tertiary alicyclic amines) is 1. The van der Waals surface area contributed by atoms with Crippen molar-refractivity contribution in [2.75, 3.05) is 46.3 Å². The van der Waals surface area contributed by atoms with E-state index in [1.54, 1.807) is 13.8 Å². The molecular weight excluding hydrogens is 602 g/mol. The van der Waals surface area contributed by atoms with Crippen molar-refractivity contribution in [1.29, 1.82) is 0 Å². The maximum Gasteiger partial charge on any atom is 0.286 e. The Kier molecular flexibility index (Phi) is 15.9. The summed E-state index contributed by atoms with van der Waals surface area (Å²) in [5, 5.41) is 18.3. The molecular formula is C30H48ClN9O5. The van der Waals surface area contributed by atoms with Gasteiger partial charge in [0.2, 0.25) is 12.3 Å². The third-order valence-corrected chi connectivity index (χ3v) is 8.19. The topological polar surface area (TPSA) is 199 Å². The molecule has 3 rings (SSSR count). The van der Waals surface area contributed by atoms with Crippen molar-refractivity contribution >= 4 is 35.7 Å². The molecule has 1 aromatic carbocycles. The normalized spacial score (nSPS) is 20.0. The Hall–Kier alpha value is -3.59. The van der Waals surface area contributed by atoms with Crippen LogP contribution in [0.15, 0.2) is 40.3 Å². The third-order valence-electron chi connectivity index (χ3n) is 7.95. The molecule has 3 atom stereocenters. The highest BCUT2D eigenvalue weighted by atomic mass is 35.5. The average Bonchev–Trinajstić information content (AvgIpc) is 3.03. The number of benzene rings is 1. The van der Waals surface area contributed by atoms with Gasteiger partial charge in [-0.05, 0) is 69.5 Å². The summed E-state index contributed by atoms with van der Waals surface area (Å²) in [4.78, 5) is 55.9. The minimum Gasteiger partial charge on any atom is -0.392 e. The molecule has 2 fully saturated rings. The zero-order chi connectivity index (χ0) is 33.5. The molecule has 2 aliphatic heterocycles. The number of carbonyl (C=O) groups excluding carboxylic acids is 3. The first-order valence-corrected chi connectivity index (χ1v) is 15.6. The van der Waals surface area contributed by atoms with E-state index >= 15 is 0 Å². The lowest BCUT2D eigenvalue weighted by Gasteiger charge is -2.48. The maximum absolute atomic E-state index is 12.8. The van der Waals surface area contributed by atoms with Gasteiger partial charge in [0.25, 0.3) is 5.91 Å². The summed E-state index contributed by atoms with van der Waals surface area (Å²) in [6.45, 7) is 10.2. The van der Waals surface area contributed by atoms with Crippen molar-refractivity contribution in [3.8, 4) is 0 Å². The fourth-order valence-corrected chi connectivity index (χ4v) is 5.86. The van der Waals surface area contributed by atoms with E-state index in [9.17, 15) is 19.6 Å². The predicted molar refractivity (Wildman–Crippen MR) is 175 cm³/mol. The quantitative estimate of drug-likeness (QED) is 0.0809. The summed E-state index contributed by atoms with van der Waals surface area (Å²) in [7, 11) is 1.54. The molecule has 15 heteroatoms. The molecule has 0 aliphatic carbocycles. The van der Waals surface area contributed by atoms with Crippen molar-refractivity contribution in [1.82, 2.24) is 25.3 Å². The largest absolute Gasteiger partial charge is 0.392 e. The molecule has 0 saturated carbocycles. The summed E-state index contributed by atoms with van der Waals surface area (Å²) in [5.41, 5.74) is 12.1. The lowest BCUT2D eigenvalue weighted by atomic mass is 9.96. The molecule has 2 saturated heterocycles. The Morgan fingerprint density at radius 3 is 2.44 bits per heavy atom. The van der Waals surface area contributed by atoms with Crippen molar-refractivity contribution in [2.45, 2.75) is 70.8 Å². The fourth-order valence-electron chi connectivity index (χ4n) is 5.68. The van der Waals surface area contributed by atoms with E-state index in [1.165, 1.54) is 7.05 Å². The van der Waals surface area contributed by atoms with E-state index in [1.807, 2.05) is 23.1 Å². The average molecular weight is 650 g/mol. The Morgan fingerprint density at radius 2 is 1.87 bits per heavy atom. The monoisotopic (exact) mass is 649 g/mol. The molecule has 0 spiro atoms. The molecule has 14 nitrogen and oxygen atoms in total. The Labute approximate surface area is 270 Å². The molecule has 2 heterocycles. The van der Waals surface area contributed by atoms with Crippen molar-refractivity contribution < 1.29 is 19.5 Å². The first-order chi connectivity index (χ1) is 21.5. The van der Waals surface area contributed by atoms with Crippen LogP contribution in [0.5, 0.6) is 0 Å². The van der Waals surface area contributed by atoms with Gasteiger partial charge in [-0.2, -0.15) is 4.91 Å². The number of aliphatic hydroxyl groups excluding tert-OH is 1. The van der Waals surface area contributed by atoms with Gasteiger partial charge in [-0.3, -0.25) is 24.2 Å². The fraction of sp³-hybridized carbons (Fsp3) is 0.600. The number of likely N-dealkylation sites (N-methyl/N-ethyl adjacent to an activating group) is 1. The molecule has 250 valence electrons. The number of amides is 3. The second-order valence-corrected chi connectivity index (χ2v) is 11.6. The van der Waals surface area contributed by atoms with Crippen LogP contribution in [0.25, 0.3) is 0 Å². The predicted octanol–water partition coefficient (Wildman–Crippen LogP) is 1.07. The lowest BCUT2D eigenvalue weighted by Crippen LogP contribution is -2.60. The summed E-state index contributed by atoms with van der Waals surface area (Å²) < 4.78 is 0. The molecule has 7 N–H and O–H groups in total. The number of hydrogen-bond donors (Lipinski definition) is 5. The number of nitrogens with zero attached hydrogens (tertiary/aromatic N) is 5. The van der Waals surface area contributed by atoms with Gasteiger partial charge in [-0.1, -0.05) is 29.8 Å². The number of nitrogens with two attached hydrogens (primary N) is 2. The van der Waals surface area contributed by atoms with Gasteiger partial charge in [-0.25, -0.2) is 4.99 Å². The molecule has 0 aromatic heterocycles. The van der Waals surface area contributed by atoms with Crippen LogP contribution in [0.3, 0.4) is 0 Å². The number of aliphatic imine (C=N–C) groups is 1. The molecule has 3 amide bonds. The molecule has 2 aliphatic rings. The Balaban J connectivity index is 0.00000226. The number of primary amides is 1. The van der Waals surface area contributed by atoms with E-state index in [-0.39, 0.29) is 36.6 Å². The highest BCUT2D eigenvalue weighted by Gasteiger charge is 2.35. The SMILES string of the molecule is CCC1CN(/C(=N/C(N)=C/C(=O)NCC(C)O)C(=O)NC)CCN1C1CCN(Cc2ccc(Cl)cc2C(C)N=O)CC1.NC=O. The van der Waals surface area contributed by atoms with Gasteiger partial charge in [0.05, 0.1) is 6.10 Å². The number of piperazine rings is 1.